The van der Waals surface area contributed by atoms with Gasteiger partial charge >= 0.3 is 0 Å². The Balaban J connectivity index is 1.93. The molecule has 1 aliphatic heterocycles. The van der Waals surface area contributed by atoms with Gasteiger partial charge in [-0.05, 0) is 36.2 Å². The minimum absolute atomic E-state index is 0.0399. The van der Waals surface area contributed by atoms with Gasteiger partial charge < -0.3 is 19.7 Å². The topological polar surface area (TPSA) is 67.9 Å². The van der Waals surface area contributed by atoms with Crippen LogP contribution in [0.25, 0.3) is 0 Å². The fourth-order valence-electron chi connectivity index (χ4n) is 3.88. The van der Waals surface area contributed by atoms with Crippen molar-refractivity contribution in [3.63, 3.8) is 0 Å². The average molecular weight is 411 g/mol. The van der Waals surface area contributed by atoms with Crippen LogP contribution in [0.1, 0.15) is 35.7 Å². The number of benzene rings is 2. The van der Waals surface area contributed by atoms with Crippen molar-refractivity contribution in [2.45, 2.75) is 19.8 Å². The normalized spacial score (nSPS) is 18.4. The highest BCUT2D eigenvalue weighted by molar-refractivity contribution is 5.95. The van der Waals surface area contributed by atoms with Crippen molar-refractivity contribution in [2.75, 3.05) is 33.9 Å². The molecular weight excluding hydrogens is 380 g/mol. The first-order chi connectivity index (χ1) is 14.4. The molecule has 0 bridgehead atoms. The lowest BCUT2D eigenvalue weighted by Crippen LogP contribution is -2.37. The fraction of sp³-hybridized carbons (Fsp3) is 0.417. The van der Waals surface area contributed by atoms with E-state index in [1.165, 1.54) is 0 Å². The summed E-state index contributed by atoms with van der Waals surface area (Å²) in [5.41, 5.74) is 1.50. The molecular formula is C24H30N2O4. The van der Waals surface area contributed by atoms with Gasteiger partial charge in [0, 0.05) is 36.7 Å². The first-order valence-electron chi connectivity index (χ1n) is 10.3. The average Bonchev–Trinajstić information content (AvgIpc) is 3.22. The Morgan fingerprint density at radius 2 is 1.80 bits per heavy atom. The van der Waals surface area contributed by atoms with Crippen molar-refractivity contribution in [1.82, 2.24) is 10.2 Å². The first-order valence-corrected chi connectivity index (χ1v) is 10.3. The molecule has 3 rings (SSSR count). The molecule has 1 saturated heterocycles. The fourth-order valence-corrected chi connectivity index (χ4v) is 3.88. The van der Waals surface area contributed by atoms with E-state index in [9.17, 15) is 9.59 Å². The molecule has 0 radical (unpaired) electrons. The Morgan fingerprint density at radius 3 is 2.43 bits per heavy atom. The Bertz CT molecular complexity index is 882. The van der Waals surface area contributed by atoms with Gasteiger partial charge in [0.15, 0.2) is 0 Å². The second-order valence-electron chi connectivity index (χ2n) is 8.04. The van der Waals surface area contributed by atoms with Gasteiger partial charge in [0.1, 0.15) is 11.5 Å². The van der Waals surface area contributed by atoms with E-state index in [2.05, 4.69) is 19.2 Å². The highest BCUT2D eigenvalue weighted by Crippen LogP contribution is 2.40. The lowest BCUT2D eigenvalue weighted by Gasteiger charge is -2.21. The molecule has 6 heteroatoms. The molecule has 30 heavy (non-hydrogen) atoms. The number of rotatable bonds is 7. The number of nitrogens with one attached hydrogen (secondary N) is 1. The summed E-state index contributed by atoms with van der Waals surface area (Å²) in [6.07, 6.45) is 0. The Morgan fingerprint density at radius 1 is 1.07 bits per heavy atom. The van der Waals surface area contributed by atoms with Crippen LogP contribution in [0.15, 0.2) is 48.5 Å². The van der Waals surface area contributed by atoms with Gasteiger partial charge in [-0.15, -0.1) is 0 Å². The molecule has 2 atom stereocenters. The van der Waals surface area contributed by atoms with Crippen LogP contribution in [0.5, 0.6) is 11.5 Å². The summed E-state index contributed by atoms with van der Waals surface area (Å²) < 4.78 is 11.0. The molecule has 0 spiro atoms. The maximum atomic E-state index is 13.1. The third-order valence-corrected chi connectivity index (χ3v) is 5.49. The van der Waals surface area contributed by atoms with Crippen LogP contribution in [-0.4, -0.2) is 50.6 Å². The standard InChI is InChI=1S/C24H30N2O4/c1-16(2)13-25-23(27)21-15-26(24(28)17-8-6-5-7-9-17)14-20(21)19-12-18(29-3)10-11-22(19)30-4/h5-12,16,20-21H,13-15H2,1-4H3,(H,25,27). The predicted molar refractivity (Wildman–Crippen MR) is 116 cm³/mol. The van der Waals surface area contributed by atoms with Gasteiger partial charge in [-0.25, -0.2) is 0 Å². The molecule has 2 aromatic carbocycles. The van der Waals surface area contributed by atoms with Crippen molar-refractivity contribution in [2.24, 2.45) is 11.8 Å². The summed E-state index contributed by atoms with van der Waals surface area (Å²) in [6.45, 7) is 5.52. The molecule has 160 valence electrons. The van der Waals surface area contributed by atoms with E-state index < -0.39 is 0 Å². The van der Waals surface area contributed by atoms with Gasteiger partial charge in [0.05, 0.1) is 20.1 Å². The Kier molecular flexibility index (Phi) is 6.98. The zero-order valence-electron chi connectivity index (χ0n) is 18.1. The summed E-state index contributed by atoms with van der Waals surface area (Å²) in [6, 6.07) is 14.8. The molecule has 0 saturated carbocycles. The summed E-state index contributed by atoms with van der Waals surface area (Å²) in [5, 5.41) is 3.04. The summed E-state index contributed by atoms with van der Waals surface area (Å²) >= 11 is 0. The molecule has 1 heterocycles. The number of hydrogen-bond donors (Lipinski definition) is 1. The largest absolute Gasteiger partial charge is 0.497 e. The highest BCUT2D eigenvalue weighted by Gasteiger charge is 2.41. The lowest BCUT2D eigenvalue weighted by molar-refractivity contribution is -0.125. The monoisotopic (exact) mass is 410 g/mol. The molecule has 6 nitrogen and oxygen atoms in total. The molecule has 2 aromatic rings. The molecule has 1 N–H and O–H groups in total. The third-order valence-electron chi connectivity index (χ3n) is 5.49. The zero-order valence-corrected chi connectivity index (χ0v) is 18.1. The van der Waals surface area contributed by atoms with Crippen LogP contribution in [0, 0.1) is 11.8 Å². The van der Waals surface area contributed by atoms with E-state index in [4.69, 9.17) is 9.47 Å². The number of carbonyl (C=O) groups excluding carboxylic acids is 2. The maximum absolute atomic E-state index is 13.1. The first kappa shape index (κ1) is 21.7. The van der Waals surface area contributed by atoms with E-state index in [-0.39, 0.29) is 23.7 Å². The van der Waals surface area contributed by atoms with Crippen LogP contribution in [0.2, 0.25) is 0 Å². The Labute approximate surface area is 178 Å². The Hall–Kier alpha value is -3.02. The second kappa shape index (κ2) is 9.65. The van der Waals surface area contributed by atoms with E-state index in [0.29, 0.717) is 42.6 Å². The van der Waals surface area contributed by atoms with Crippen LogP contribution < -0.4 is 14.8 Å². The molecule has 0 aliphatic carbocycles. The number of hydrogen-bond acceptors (Lipinski definition) is 4. The number of methoxy groups -OCH3 is 2. The molecule has 2 amide bonds. The number of likely N-dealkylation sites (tertiary alicyclic amines) is 1. The number of ether oxygens (including phenoxy) is 2. The van der Waals surface area contributed by atoms with Crippen molar-refractivity contribution in [3.05, 3.63) is 59.7 Å². The van der Waals surface area contributed by atoms with Crippen molar-refractivity contribution in [3.8, 4) is 11.5 Å². The van der Waals surface area contributed by atoms with Gasteiger partial charge in [-0.2, -0.15) is 0 Å². The third kappa shape index (κ3) is 4.75. The maximum Gasteiger partial charge on any atom is 0.253 e. The number of amides is 2. The van der Waals surface area contributed by atoms with Crippen LogP contribution >= 0.6 is 0 Å². The smallest absolute Gasteiger partial charge is 0.253 e. The van der Waals surface area contributed by atoms with E-state index in [1.807, 2.05) is 36.4 Å². The minimum atomic E-state index is -0.364. The van der Waals surface area contributed by atoms with Gasteiger partial charge in [-0.1, -0.05) is 32.0 Å². The summed E-state index contributed by atoms with van der Waals surface area (Å²) in [5.74, 6) is 1.08. The van der Waals surface area contributed by atoms with Crippen LogP contribution in [0.3, 0.4) is 0 Å². The van der Waals surface area contributed by atoms with E-state index >= 15 is 0 Å². The van der Waals surface area contributed by atoms with Crippen molar-refractivity contribution >= 4 is 11.8 Å². The zero-order chi connectivity index (χ0) is 21.7. The van der Waals surface area contributed by atoms with Crippen molar-refractivity contribution in [1.29, 1.82) is 0 Å². The minimum Gasteiger partial charge on any atom is -0.497 e. The quantitative estimate of drug-likeness (QED) is 0.760. The van der Waals surface area contributed by atoms with E-state index in [0.717, 1.165) is 5.56 Å². The van der Waals surface area contributed by atoms with Gasteiger partial charge in [0.2, 0.25) is 5.91 Å². The second-order valence-corrected chi connectivity index (χ2v) is 8.04. The SMILES string of the molecule is COc1ccc(OC)c(C2CN(C(=O)c3ccccc3)CC2C(=O)NCC(C)C)c1. The molecule has 1 aliphatic rings. The predicted octanol–water partition coefficient (Wildman–Crippen LogP) is 3.33. The number of nitrogens with zero attached hydrogens (tertiary/aromatic N) is 1. The van der Waals surface area contributed by atoms with Gasteiger partial charge in [-0.3, -0.25) is 9.59 Å². The van der Waals surface area contributed by atoms with E-state index in [1.54, 1.807) is 31.3 Å². The number of carbonyl (C=O) groups is 2. The van der Waals surface area contributed by atoms with Crippen molar-refractivity contribution < 1.29 is 19.1 Å². The van der Waals surface area contributed by atoms with Crippen LogP contribution in [0.4, 0.5) is 0 Å². The summed E-state index contributed by atoms with van der Waals surface area (Å²) in [4.78, 5) is 27.9. The highest BCUT2D eigenvalue weighted by atomic mass is 16.5. The molecule has 1 fully saturated rings. The molecule has 2 unspecified atom stereocenters. The van der Waals surface area contributed by atoms with Crippen LogP contribution in [-0.2, 0) is 4.79 Å². The molecule has 0 aromatic heterocycles. The summed E-state index contributed by atoms with van der Waals surface area (Å²) in [7, 11) is 3.22. The van der Waals surface area contributed by atoms with Gasteiger partial charge in [0.25, 0.3) is 5.91 Å². The lowest BCUT2D eigenvalue weighted by atomic mass is 9.87.